The molecule has 0 atom stereocenters. The van der Waals surface area contributed by atoms with Crippen LogP contribution in [0.25, 0.3) is 0 Å². The summed E-state index contributed by atoms with van der Waals surface area (Å²) in [5, 5.41) is 21.8. The van der Waals surface area contributed by atoms with Gasteiger partial charge in [-0.25, -0.2) is 0 Å². The molecule has 76 valence electrons. The van der Waals surface area contributed by atoms with Crippen molar-refractivity contribution in [1.82, 2.24) is 0 Å². The minimum Gasteiger partial charge on any atom is -0.504 e. The van der Waals surface area contributed by atoms with Crippen LogP contribution in [-0.4, -0.2) is 10.2 Å². The lowest BCUT2D eigenvalue weighted by Crippen LogP contribution is -1.89. The fourth-order valence-electron chi connectivity index (χ4n) is 1.31. The number of anilines is 2. The Labute approximate surface area is 87.6 Å². The van der Waals surface area contributed by atoms with E-state index in [1.807, 2.05) is 30.3 Å². The summed E-state index contributed by atoms with van der Waals surface area (Å²) in [6.07, 6.45) is 0. The van der Waals surface area contributed by atoms with Crippen LogP contribution in [0.4, 0.5) is 11.4 Å². The molecule has 15 heavy (non-hydrogen) atoms. The van der Waals surface area contributed by atoms with Gasteiger partial charge in [0.25, 0.3) is 0 Å². The zero-order valence-corrected chi connectivity index (χ0v) is 8.01. The summed E-state index contributed by atoms with van der Waals surface area (Å²) in [7, 11) is 0. The van der Waals surface area contributed by atoms with Gasteiger partial charge in [0, 0.05) is 5.69 Å². The lowest BCUT2D eigenvalue weighted by Gasteiger charge is -2.08. The highest BCUT2D eigenvalue weighted by Gasteiger charge is 2.04. The van der Waals surface area contributed by atoms with Gasteiger partial charge >= 0.3 is 0 Å². The van der Waals surface area contributed by atoms with Crippen LogP contribution in [0, 0.1) is 0 Å². The van der Waals surface area contributed by atoms with Crippen molar-refractivity contribution < 1.29 is 10.2 Å². The molecule has 2 aromatic carbocycles. The van der Waals surface area contributed by atoms with Crippen molar-refractivity contribution in [2.24, 2.45) is 0 Å². The molecular formula is C12H11NO2. The predicted octanol–water partition coefficient (Wildman–Crippen LogP) is 2.84. The molecule has 0 spiro atoms. The van der Waals surface area contributed by atoms with Gasteiger partial charge in [0.15, 0.2) is 11.5 Å². The molecule has 2 aromatic rings. The molecule has 3 N–H and O–H groups in total. The second-order valence-corrected chi connectivity index (χ2v) is 3.16. The van der Waals surface area contributed by atoms with Crippen LogP contribution in [0.15, 0.2) is 48.5 Å². The number of rotatable bonds is 2. The van der Waals surface area contributed by atoms with E-state index in [1.54, 1.807) is 12.1 Å². The van der Waals surface area contributed by atoms with Crippen LogP contribution >= 0.6 is 0 Å². The minimum atomic E-state index is -0.138. The molecule has 0 aliphatic rings. The van der Waals surface area contributed by atoms with E-state index >= 15 is 0 Å². The third-order valence-electron chi connectivity index (χ3n) is 2.07. The van der Waals surface area contributed by atoms with E-state index in [9.17, 15) is 10.2 Å². The minimum absolute atomic E-state index is 0.129. The first kappa shape index (κ1) is 9.40. The summed E-state index contributed by atoms with van der Waals surface area (Å²) >= 11 is 0. The molecule has 0 aliphatic heterocycles. The summed E-state index contributed by atoms with van der Waals surface area (Å²) < 4.78 is 0. The Bertz CT molecular complexity index is 454. The number of hydrogen-bond acceptors (Lipinski definition) is 3. The normalized spacial score (nSPS) is 9.87. The molecular weight excluding hydrogens is 190 g/mol. The fourth-order valence-corrected chi connectivity index (χ4v) is 1.31. The number of benzene rings is 2. The Hall–Kier alpha value is -2.16. The highest BCUT2D eigenvalue weighted by atomic mass is 16.3. The average Bonchev–Trinajstić information content (AvgIpc) is 2.26. The zero-order valence-electron chi connectivity index (χ0n) is 8.01. The van der Waals surface area contributed by atoms with E-state index < -0.39 is 0 Å². The SMILES string of the molecule is Oc1cccc(Nc2ccccc2)c1O. The van der Waals surface area contributed by atoms with Gasteiger partial charge in [0.05, 0.1) is 5.69 Å². The van der Waals surface area contributed by atoms with Crippen LogP contribution < -0.4 is 5.32 Å². The summed E-state index contributed by atoms with van der Waals surface area (Å²) in [6.45, 7) is 0. The summed E-state index contributed by atoms with van der Waals surface area (Å²) in [4.78, 5) is 0. The topological polar surface area (TPSA) is 52.5 Å². The molecule has 2 rings (SSSR count). The van der Waals surface area contributed by atoms with E-state index in [4.69, 9.17) is 0 Å². The quantitative estimate of drug-likeness (QED) is 0.655. The first-order valence-electron chi connectivity index (χ1n) is 4.60. The van der Waals surface area contributed by atoms with E-state index in [0.29, 0.717) is 5.69 Å². The van der Waals surface area contributed by atoms with E-state index in [1.165, 1.54) is 6.07 Å². The van der Waals surface area contributed by atoms with Crippen molar-refractivity contribution in [2.45, 2.75) is 0 Å². The number of phenols is 2. The second kappa shape index (κ2) is 3.92. The smallest absolute Gasteiger partial charge is 0.181 e. The maximum atomic E-state index is 9.55. The van der Waals surface area contributed by atoms with Gasteiger partial charge in [-0.15, -0.1) is 0 Å². The molecule has 0 unspecified atom stereocenters. The van der Waals surface area contributed by atoms with Gasteiger partial charge in [-0.05, 0) is 24.3 Å². The Kier molecular flexibility index (Phi) is 2.46. The summed E-state index contributed by atoms with van der Waals surface area (Å²) in [5.41, 5.74) is 1.35. The van der Waals surface area contributed by atoms with Crippen molar-refractivity contribution in [2.75, 3.05) is 5.32 Å². The molecule has 0 bridgehead atoms. The van der Waals surface area contributed by atoms with Gasteiger partial charge in [0.2, 0.25) is 0 Å². The van der Waals surface area contributed by atoms with Crippen LogP contribution in [0.1, 0.15) is 0 Å². The lowest BCUT2D eigenvalue weighted by atomic mass is 10.2. The Morgan fingerprint density at radius 2 is 1.53 bits per heavy atom. The van der Waals surface area contributed by atoms with Gasteiger partial charge in [0.1, 0.15) is 0 Å². The zero-order chi connectivity index (χ0) is 10.7. The van der Waals surface area contributed by atoms with Crippen molar-refractivity contribution in [3.63, 3.8) is 0 Å². The molecule has 0 amide bonds. The van der Waals surface area contributed by atoms with Crippen LogP contribution in [0.2, 0.25) is 0 Å². The molecule has 0 aliphatic carbocycles. The monoisotopic (exact) mass is 201 g/mol. The third kappa shape index (κ3) is 2.02. The number of nitrogens with one attached hydrogen (secondary N) is 1. The van der Waals surface area contributed by atoms with Crippen LogP contribution in [-0.2, 0) is 0 Å². The van der Waals surface area contributed by atoms with Crippen molar-refractivity contribution in [3.8, 4) is 11.5 Å². The molecule has 0 saturated carbocycles. The van der Waals surface area contributed by atoms with Crippen LogP contribution in [0.5, 0.6) is 11.5 Å². The van der Waals surface area contributed by atoms with E-state index in [0.717, 1.165) is 5.69 Å². The van der Waals surface area contributed by atoms with Crippen molar-refractivity contribution in [3.05, 3.63) is 48.5 Å². The van der Waals surface area contributed by atoms with Gasteiger partial charge < -0.3 is 15.5 Å². The predicted molar refractivity (Wildman–Crippen MR) is 59.5 cm³/mol. The fraction of sp³-hybridized carbons (Fsp3) is 0. The highest BCUT2D eigenvalue weighted by Crippen LogP contribution is 2.34. The van der Waals surface area contributed by atoms with Crippen LogP contribution in [0.3, 0.4) is 0 Å². The number of aromatic hydroxyl groups is 2. The maximum absolute atomic E-state index is 9.55. The van der Waals surface area contributed by atoms with Crippen molar-refractivity contribution >= 4 is 11.4 Å². The van der Waals surface area contributed by atoms with E-state index in [2.05, 4.69) is 5.32 Å². The Morgan fingerprint density at radius 1 is 0.800 bits per heavy atom. The number of phenolic OH excluding ortho intramolecular Hbond substituents is 2. The molecule has 0 radical (unpaired) electrons. The largest absolute Gasteiger partial charge is 0.504 e. The maximum Gasteiger partial charge on any atom is 0.181 e. The van der Waals surface area contributed by atoms with E-state index in [-0.39, 0.29) is 11.5 Å². The van der Waals surface area contributed by atoms with Crippen molar-refractivity contribution in [1.29, 1.82) is 0 Å². The molecule has 0 aromatic heterocycles. The number of para-hydroxylation sites is 2. The standard InChI is InChI=1S/C12H11NO2/c14-11-8-4-7-10(12(11)15)13-9-5-2-1-3-6-9/h1-8,13-15H. The number of hydrogen-bond donors (Lipinski definition) is 3. The van der Waals surface area contributed by atoms with Gasteiger partial charge in [-0.1, -0.05) is 24.3 Å². The van der Waals surface area contributed by atoms with Gasteiger partial charge in [-0.3, -0.25) is 0 Å². The molecule has 0 saturated heterocycles. The lowest BCUT2D eigenvalue weighted by molar-refractivity contribution is 0.405. The second-order valence-electron chi connectivity index (χ2n) is 3.16. The Balaban J connectivity index is 2.29. The first-order valence-corrected chi connectivity index (χ1v) is 4.60. The van der Waals surface area contributed by atoms with Gasteiger partial charge in [-0.2, -0.15) is 0 Å². The molecule has 0 fully saturated rings. The highest BCUT2D eigenvalue weighted by molar-refractivity contribution is 5.68. The Morgan fingerprint density at radius 3 is 2.27 bits per heavy atom. The molecule has 3 nitrogen and oxygen atoms in total. The summed E-state index contributed by atoms with van der Waals surface area (Å²) in [5.74, 6) is -0.266. The summed E-state index contributed by atoms with van der Waals surface area (Å²) in [6, 6.07) is 14.2. The first-order chi connectivity index (χ1) is 7.27. The third-order valence-corrected chi connectivity index (χ3v) is 2.07. The average molecular weight is 201 g/mol. The molecule has 3 heteroatoms. The molecule has 0 heterocycles.